The minimum Gasteiger partial charge on any atom is -0.244 e. The molecule has 1 heterocycles. The summed E-state index contributed by atoms with van der Waals surface area (Å²) in [5.41, 5.74) is 1.00. The van der Waals surface area contributed by atoms with Gasteiger partial charge in [0.15, 0.2) is 0 Å². The molecule has 0 aliphatic carbocycles. The minimum atomic E-state index is 0.645. The van der Waals surface area contributed by atoms with Gasteiger partial charge in [-0.25, -0.2) is 9.97 Å². The lowest BCUT2D eigenvalue weighted by Crippen LogP contribution is -1.96. The molecule has 0 atom stereocenters. The van der Waals surface area contributed by atoms with Gasteiger partial charge in [0.1, 0.15) is 6.33 Å². The minimum absolute atomic E-state index is 0.645. The molecule has 0 unspecified atom stereocenters. The molecule has 2 heteroatoms. The normalized spacial score (nSPS) is 10.3. The molecule has 0 aliphatic heterocycles. The molecule has 1 aromatic rings. The van der Waals surface area contributed by atoms with Crippen molar-refractivity contribution in [3.8, 4) is 0 Å². The summed E-state index contributed by atoms with van der Waals surface area (Å²) in [4.78, 5) is 7.84. The Kier molecular flexibility index (Phi) is 2.37. The zero-order valence-electron chi connectivity index (χ0n) is 6.33. The molecule has 0 aromatic carbocycles. The van der Waals surface area contributed by atoms with Crippen molar-refractivity contribution >= 4 is 0 Å². The van der Waals surface area contributed by atoms with Crippen molar-refractivity contribution in [1.29, 1.82) is 0 Å². The second-order valence-electron chi connectivity index (χ2n) is 2.71. The average Bonchev–Trinajstić information content (AvgIpc) is 1.88. The fourth-order valence-corrected chi connectivity index (χ4v) is 0.784. The van der Waals surface area contributed by atoms with E-state index in [1.807, 2.05) is 0 Å². The third kappa shape index (κ3) is 2.13. The number of hydrogen-bond donors (Lipinski definition) is 0. The molecule has 0 fully saturated rings. The van der Waals surface area contributed by atoms with Gasteiger partial charge in [-0.3, -0.25) is 0 Å². The lowest BCUT2D eigenvalue weighted by molar-refractivity contribution is 0.633. The Morgan fingerprint density at radius 2 is 2.40 bits per heavy atom. The summed E-state index contributed by atoms with van der Waals surface area (Å²) in [5.74, 6) is 0.645. The highest BCUT2D eigenvalue weighted by Crippen LogP contribution is 2.01. The lowest BCUT2D eigenvalue weighted by atomic mass is 10.1. The number of hydrogen-bond acceptors (Lipinski definition) is 2. The van der Waals surface area contributed by atoms with Gasteiger partial charge < -0.3 is 0 Å². The zero-order valence-corrected chi connectivity index (χ0v) is 6.33. The number of nitrogens with zero attached hydrogens (tertiary/aromatic N) is 2. The summed E-state index contributed by atoms with van der Waals surface area (Å²) >= 11 is 0. The van der Waals surface area contributed by atoms with Crippen LogP contribution >= 0.6 is 0 Å². The van der Waals surface area contributed by atoms with Crippen LogP contribution in [-0.4, -0.2) is 9.97 Å². The van der Waals surface area contributed by atoms with E-state index in [1.165, 1.54) is 0 Å². The Morgan fingerprint density at radius 3 is 2.90 bits per heavy atom. The Labute approximate surface area is 61.3 Å². The van der Waals surface area contributed by atoms with E-state index >= 15 is 0 Å². The lowest BCUT2D eigenvalue weighted by Gasteiger charge is -2.00. The third-order valence-electron chi connectivity index (χ3n) is 1.19. The predicted molar refractivity (Wildman–Crippen MR) is 39.4 cm³/mol. The van der Waals surface area contributed by atoms with E-state index in [2.05, 4.69) is 29.9 Å². The van der Waals surface area contributed by atoms with Crippen LogP contribution in [0.1, 0.15) is 19.5 Å². The van der Waals surface area contributed by atoms with Crippen molar-refractivity contribution in [3.05, 3.63) is 24.3 Å². The van der Waals surface area contributed by atoms with Gasteiger partial charge in [-0.05, 0) is 12.3 Å². The summed E-state index contributed by atoms with van der Waals surface area (Å²) in [6.07, 6.45) is 4.21. The number of rotatable bonds is 2. The third-order valence-corrected chi connectivity index (χ3v) is 1.19. The summed E-state index contributed by atoms with van der Waals surface area (Å²) < 4.78 is 0. The van der Waals surface area contributed by atoms with Crippen LogP contribution in [0.3, 0.4) is 0 Å². The fraction of sp³-hybridized carbons (Fsp3) is 0.500. The average molecular weight is 135 g/mol. The van der Waals surface area contributed by atoms with Crippen LogP contribution in [0.2, 0.25) is 0 Å². The highest BCUT2D eigenvalue weighted by atomic mass is 14.8. The van der Waals surface area contributed by atoms with Gasteiger partial charge in [0.05, 0.1) is 5.69 Å². The van der Waals surface area contributed by atoms with Crippen molar-refractivity contribution in [2.45, 2.75) is 20.3 Å². The molecule has 53 valence electrons. The maximum absolute atomic E-state index is 4.05. The Morgan fingerprint density at radius 1 is 1.60 bits per heavy atom. The summed E-state index contributed by atoms with van der Waals surface area (Å²) in [6.45, 7) is 4.33. The summed E-state index contributed by atoms with van der Waals surface area (Å²) in [6, 6.07) is 2.98. The first-order valence-corrected chi connectivity index (χ1v) is 3.45. The van der Waals surface area contributed by atoms with Crippen LogP contribution in [0.15, 0.2) is 12.5 Å². The van der Waals surface area contributed by atoms with Gasteiger partial charge in [0.2, 0.25) is 0 Å². The van der Waals surface area contributed by atoms with E-state index < -0.39 is 0 Å². The van der Waals surface area contributed by atoms with Crippen LogP contribution in [0.4, 0.5) is 0 Å². The Hall–Kier alpha value is -0.920. The molecule has 0 saturated carbocycles. The van der Waals surface area contributed by atoms with Crippen molar-refractivity contribution in [3.63, 3.8) is 0 Å². The van der Waals surface area contributed by atoms with Crippen molar-refractivity contribution in [1.82, 2.24) is 9.97 Å². The van der Waals surface area contributed by atoms with Gasteiger partial charge in [-0.15, -0.1) is 0 Å². The molecule has 0 amide bonds. The van der Waals surface area contributed by atoms with Crippen molar-refractivity contribution in [2.75, 3.05) is 0 Å². The van der Waals surface area contributed by atoms with Gasteiger partial charge in [-0.1, -0.05) is 13.8 Å². The Bertz CT molecular complexity index is 182. The van der Waals surface area contributed by atoms with Crippen LogP contribution in [0.5, 0.6) is 0 Å². The molecule has 1 aromatic heterocycles. The first-order chi connectivity index (χ1) is 4.79. The van der Waals surface area contributed by atoms with Gasteiger partial charge in [0.25, 0.3) is 0 Å². The van der Waals surface area contributed by atoms with Gasteiger partial charge >= 0.3 is 0 Å². The first-order valence-electron chi connectivity index (χ1n) is 3.45. The molecular formula is C8H11N2. The van der Waals surface area contributed by atoms with Gasteiger partial charge in [0, 0.05) is 12.3 Å². The van der Waals surface area contributed by atoms with Crippen LogP contribution in [0.25, 0.3) is 0 Å². The summed E-state index contributed by atoms with van der Waals surface area (Å²) in [5, 5.41) is 0. The maximum Gasteiger partial charge on any atom is 0.115 e. The molecule has 0 aliphatic rings. The predicted octanol–water partition coefficient (Wildman–Crippen LogP) is 1.48. The van der Waals surface area contributed by atoms with Crippen LogP contribution < -0.4 is 0 Å². The molecule has 0 saturated heterocycles. The van der Waals surface area contributed by atoms with E-state index in [9.17, 15) is 0 Å². The quantitative estimate of drug-likeness (QED) is 0.613. The first kappa shape index (κ1) is 7.19. The smallest absolute Gasteiger partial charge is 0.115 e. The molecule has 0 bridgehead atoms. The topological polar surface area (TPSA) is 25.8 Å². The second-order valence-corrected chi connectivity index (χ2v) is 2.71. The standard InChI is InChI=1S/C8H11N2/c1-7(2)5-8-3-4-9-6-10-8/h4,6-7H,5H2,1-2H3. The molecule has 10 heavy (non-hydrogen) atoms. The molecular weight excluding hydrogens is 124 g/mol. The monoisotopic (exact) mass is 135 g/mol. The maximum atomic E-state index is 4.05. The number of aromatic nitrogens is 2. The highest BCUT2D eigenvalue weighted by molar-refractivity contribution is 4.95. The second kappa shape index (κ2) is 3.30. The van der Waals surface area contributed by atoms with Crippen LogP contribution in [-0.2, 0) is 6.42 Å². The van der Waals surface area contributed by atoms with E-state index in [-0.39, 0.29) is 0 Å². The van der Waals surface area contributed by atoms with Gasteiger partial charge in [-0.2, -0.15) is 0 Å². The molecule has 0 N–H and O–H groups in total. The molecule has 0 spiro atoms. The van der Waals surface area contributed by atoms with Crippen molar-refractivity contribution in [2.24, 2.45) is 5.92 Å². The van der Waals surface area contributed by atoms with E-state index in [0.717, 1.165) is 12.1 Å². The molecule has 1 radical (unpaired) electrons. The highest BCUT2D eigenvalue weighted by Gasteiger charge is 1.96. The Balaban J connectivity index is 2.59. The summed E-state index contributed by atoms with van der Waals surface area (Å²) in [7, 11) is 0. The van der Waals surface area contributed by atoms with E-state index in [4.69, 9.17) is 0 Å². The zero-order chi connectivity index (χ0) is 7.40. The van der Waals surface area contributed by atoms with Crippen molar-refractivity contribution < 1.29 is 0 Å². The fourth-order valence-electron chi connectivity index (χ4n) is 0.784. The molecule has 1 rings (SSSR count). The van der Waals surface area contributed by atoms with Crippen LogP contribution in [0, 0.1) is 12.0 Å². The SMILES string of the molecule is CC(C)Cc1[c]cncn1. The van der Waals surface area contributed by atoms with E-state index in [0.29, 0.717) is 5.92 Å². The largest absolute Gasteiger partial charge is 0.244 e. The van der Waals surface area contributed by atoms with E-state index in [1.54, 1.807) is 12.5 Å². The molecule has 2 nitrogen and oxygen atoms in total.